The van der Waals surface area contributed by atoms with Gasteiger partial charge in [0.1, 0.15) is 0 Å². The second-order valence-electron chi connectivity index (χ2n) is 5.15. The monoisotopic (exact) mass is 262 g/mol. The van der Waals surface area contributed by atoms with Crippen molar-refractivity contribution in [3.05, 3.63) is 23.8 Å². The third kappa shape index (κ3) is 3.72. The largest absolute Gasteiger partial charge is 0.493 e. The topological polar surface area (TPSA) is 35.5 Å². The van der Waals surface area contributed by atoms with Crippen LogP contribution >= 0.6 is 0 Å². The van der Waals surface area contributed by atoms with Crippen LogP contribution in [0.5, 0.6) is 11.5 Å². The van der Waals surface area contributed by atoms with Gasteiger partial charge in [-0.15, -0.1) is 0 Å². The Morgan fingerprint density at radius 1 is 1.11 bits per heavy atom. The standard InChI is InChI=1S/C16H22O3/c1-12(17)13-9-10-15(18-2)16(11-13)19-14-7-5-3-4-6-8-14/h9-11,14H,3-8H2,1-2H3. The van der Waals surface area contributed by atoms with Gasteiger partial charge in [-0.05, 0) is 50.8 Å². The number of methoxy groups -OCH3 is 1. The summed E-state index contributed by atoms with van der Waals surface area (Å²) >= 11 is 0. The first-order valence-corrected chi connectivity index (χ1v) is 7.06. The number of carbonyl (C=O) groups is 1. The van der Waals surface area contributed by atoms with Crippen molar-refractivity contribution in [2.75, 3.05) is 7.11 Å². The van der Waals surface area contributed by atoms with E-state index < -0.39 is 0 Å². The molecule has 1 saturated carbocycles. The summed E-state index contributed by atoms with van der Waals surface area (Å²) in [4.78, 5) is 11.4. The Morgan fingerprint density at radius 3 is 2.37 bits per heavy atom. The molecule has 19 heavy (non-hydrogen) atoms. The van der Waals surface area contributed by atoms with E-state index in [2.05, 4.69) is 0 Å². The third-order valence-corrected chi connectivity index (χ3v) is 3.67. The number of carbonyl (C=O) groups excluding carboxylic acids is 1. The van der Waals surface area contributed by atoms with Gasteiger partial charge < -0.3 is 9.47 Å². The van der Waals surface area contributed by atoms with Crippen LogP contribution in [0, 0.1) is 0 Å². The van der Waals surface area contributed by atoms with Gasteiger partial charge in [-0.25, -0.2) is 0 Å². The third-order valence-electron chi connectivity index (χ3n) is 3.67. The van der Waals surface area contributed by atoms with Crippen molar-refractivity contribution >= 4 is 5.78 Å². The van der Waals surface area contributed by atoms with Gasteiger partial charge >= 0.3 is 0 Å². The van der Waals surface area contributed by atoms with E-state index in [1.54, 1.807) is 26.2 Å². The fraction of sp³-hybridized carbons (Fsp3) is 0.562. The highest BCUT2D eigenvalue weighted by atomic mass is 16.5. The highest BCUT2D eigenvalue weighted by Gasteiger charge is 2.16. The molecule has 0 unspecified atom stereocenters. The molecule has 0 spiro atoms. The van der Waals surface area contributed by atoms with Crippen molar-refractivity contribution < 1.29 is 14.3 Å². The molecule has 3 nitrogen and oxygen atoms in total. The highest BCUT2D eigenvalue weighted by Crippen LogP contribution is 2.31. The molecule has 0 saturated heterocycles. The molecule has 0 radical (unpaired) electrons. The Labute approximate surface area is 114 Å². The molecule has 0 N–H and O–H groups in total. The number of ether oxygens (including phenoxy) is 2. The van der Waals surface area contributed by atoms with E-state index in [9.17, 15) is 4.79 Å². The lowest BCUT2D eigenvalue weighted by molar-refractivity contribution is 0.101. The predicted octanol–water partition coefficient (Wildman–Crippen LogP) is 4.00. The van der Waals surface area contributed by atoms with Crippen LogP contribution in [-0.2, 0) is 0 Å². The smallest absolute Gasteiger partial charge is 0.162 e. The van der Waals surface area contributed by atoms with Gasteiger partial charge in [0.2, 0.25) is 0 Å². The van der Waals surface area contributed by atoms with E-state index in [1.807, 2.05) is 6.07 Å². The zero-order valence-electron chi connectivity index (χ0n) is 11.8. The van der Waals surface area contributed by atoms with Crippen molar-refractivity contribution in [1.29, 1.82) is 0 Å². The summed E-state index contributed by atoms with van der Waals surface area (Å²) in [6, 6.07) is 5.38. The Bertz CT molecular complexity index is 432. The van der Waals surface area contributed by atoms with E-state index in [0.717, 1.165) is 12.8 Å². The average molecular weight is 262 g/mol. The van der Waals surface area contributed by atoms with Crippen molar-refractivity contribution in [2.24, 2.45) is 0 Å². The van der Waals surface area contributed by atoms with Crippen molar-refractivity contribution in [1.82, 2.24) is 0 Å². The number of hydrogen-bond acceptors (Lipinski definition) is 3. The van der Waals surface area contributed by atoms with Crippen molar-refractivity contribution in [2.45, 2.75) is 51.6 Å². The van der Waals surface area contributed by atoms with Gasteiger partial charge in [-0.1, -0.05) is 12.8 Å². The molecule has 0 aliphatic heterocycles. The number of ketones is 1. The van der Waals surface area contributed by atoms with Gasteiger partial charge in [-0.3, -0.25) is 4.79 Å². The first-order chi connectivity index (χ1) is 9.20. The van der Waals surface area contributed by atoms with Crippen molar-refractivity contribution in [3.8, 4) is 11.5 Å². The predicted molar refractivity (Wildman–Crippen MR) is 75.1 cm³/mol. The minimum absolute atomic E-state index is 0.0494. The van der Waals surface area contributed by atoms with E-state index in [0.29, 0.717) is 17.1 Å². The summed E-state index contributed by atoms with van der Waals surface area (Å²) in [6.45, 7) is 1.57. The number of rotatable bonds is 4. The molecular weight excluding hydrogens is 240 g/mol. The lowest BCUT2D eigenvalue weighted by Gasteiger charge is -2.19. The minimum Gasteiger partial charge on any atom is -0.493 e. The maximum absolute atomic E-state index is 11.4. The Hall–Kier alpha value is -1.51. The van der Waals surface area contributed by atoms with E-state index in [4.69, 9.17) is 9.47 Å². The molecule has 1 aromatic carbocycles. The molecule has 3 heteroatoms. The molecule has 2 rings (SSSR count). The second kappa shape index (κ2) is 6.60. The maximum atomic E-state index is 11.4. The summed E-state index contributed by atoms with van der Waals surface area (Å²) in [5.41, 5.74) is 0.671. The molecule has 1 aliphatic rings. The molecule has 0 aromatic heterocycles. The van der Waals surface area contributed by atoms with Crippen LogP contribution in [0.3, 0.4) is 0 Å². The first-order valence-electron chi connectivity index (χ1n) is 7.06. The Morgan fingerprint density at radius 2 is 1.79 bits per heavy atom. The lowest BCUT2D eigenvalue weighted by Crippen LogP contribution is -2.15. The van der Waals surface area contributed by atoms with E-state index >= 15 is 0 Å². The average Bonchev–Trinajstić information content (AvgIpc) is 2.67. The van der Waals surface area contributed by atoms with Gasteiger partial charge in [0.25, 0.3) is 0 Å². The molecule has 1 fully saturated rings. The molecule has 0 heterocycles. The van der Waals surface area contributed by atoms with Crippen LogP contribution in [0.15, 0.2) is 18.2 Å². The molecule has 1 aliphatic carbocycles. The van der Waals surface area contributed by atoms with E-state index in [1.165, 1.54) is 25.7 Å². The minimum atomic E-state index is 0.0494. The molecule has 104 valence electrons. The van der Waals surface area contributed by atoms with Crippen molar-refractivity contribution in [3.63, 3.8) is 0 Å². The summed E-state index contributed by atoms with van der Waals surface area (Å²) in [5.74, 6) is 1.45. The quantitative estimate of drug-likeness (QED) is 0.607. The van der Waals surface area contributed by atoms with Crippen LogP contribution in [0.1, 0.15) is 55.8 Å². The van der Waals surface area contributed by atoms with Gasteiger partial charge in [0.15, 0.2) is 17.3 Å². The first kappa shape index (κ1) is 13.9. The fourth-order valence-electron chi connectivity index (χ4n) is 2.53. The van der Waals surface area contributed by atoms with Crippen LogP contribution in [0.25, 0.3) is 0 Å². The zero-order chi connectivity index (χ0) is 13.7. The lowest BCUT2D eigenvalue weighted by atomic mass is 10.1. The SMILES string of the molecule is COc1ccc(C(C)=O)cc1OC1CCCCCC1. The summed E-state index contributed by atoms with van der Waals surface area (Å²) < 4.78 is 11.4. The van der Waals surface area contributed by atoms with Crippen LogP contribution < -0.4 is 9.47 Å². The normalized spacial score (nSPS) is 16.7. The fourth-order valence-corrected chi connectivity index (χ4v) is 2.53. The molecular formula is C16H22O3. The molecule has 1 aromatic rings. The number of Topliss-reactive ketones (excluding diaryl/α,β-unsaturated/α-hetero) is 1. The van der Waals surface area contributed by atoms with Gasteiger partial charge in [0, 0.05) is 5.56 Å². The van der Waals surface area contributed by atoms with Crippen LogP contribution in [-0.4, -0.2) is 19.0 Å². The summed E-state index contributed by atoms with van der Waals surface area (Å²) in [5, 5.41) is 0. The zero-order valence-corrected chi connectivity index (χ0v) is 11.8. The Balaban J connectivity index is 2.16. The molecule has 0 atom stereocenters. The van der Waals surface area contributed by atoms with Crippen LogP contribution in [0.4, 0.5) is 0 Å². The number of hydrogen-bond donors (Lipinski definition) is 0. The maximum Gasteiger partial charge on any atom is 0.162 e. The van der Waals surface area contributed by atoms with Crippen LogP contribution in [0.2, 0.25) is 0 Å². The summed E-state index contributed by atoms with van der Waals surface area (Å²) in [7, 11) is 1.63. The Kier molecular flexibility index (Phi) is 4.83. The molecule has 0 amide bonds. The van der Waals surface area contributed by atoms with Gasteiger partial charge in [0.05, 0.1) is 13.2 Å². The highest BCUT2D eigenvalue weighted by molar-refractivity contribution is 5.94. The second-order valence-corrected chi connectivity index (χ2v) is 5.15. The van der Waals surface area contributed by atoms with Gasteiger partial charge in [-0.2, -0.15) is 0 Å². The summed E-state index contributed by atoms with van der Waals surface area (Å²) in [6.07, 6.45) is 7.47. The molecule has 0 bridgehead atoms. The number of benzene rings is 1. The van der Waals surface area contributed by atoms with E-state index in [-0.39, 0.29) is 11.9 Å².